The number of nitrogens with one attached hydrogen (secondary N) is 2. The van der Waals surface area contributed by atoms with E-state index in [9.17, 15) is 9.59 Å². The molecule has 0 saturated heterocycles. The maximum absolute atomic E-state index is 11.9. The van der Waals surface area contributed by atoms with Crippen LogP contribution in [0.2, 0.25) is 0 Å². The van der Waals surface area contributed by atoms with E-state index < -0.39 is 0 Å². The molecule has 1 aliphatic carbocycles. The van der Waals surface area contributed by atoms with Gasteiger partial charge in [-0.05, 0) is 43.9 Å². The molecule has 1 saturated carbocycles. The highest BCUT2D eigenvalue weighted by atomic mass is 16.2. The van der Waals surface area contributed by atoms with Crippen molar-refractivity contribution >= 4 is 11.8 Å². The fourth-order valence-electron chi connectivity index (χ4n) is 2.19. The van der Waals surface area contributed by atoms with Gasteiger partial charge in [-0.3, -0.25) is 9.59 Å². The van der Waals surface area contributed by atoms with Crippen LogP contribution in [0.4, 0.5) is 0 Å². The molecule has 1 aromatic rings. The third-order valence-electron chi connectivity index (χ3n) is 3.75. The van der Waals surface area contributed by atoms with Crippen molar-refractivity contribution in [2.75, 3.05) is 6.54 Å². The molecule has 2 amide bonds. The van der Waals surface area contributed by atoms with Gasteiger partial charge in [-0.1, -0.05) is 12.1 Å². The zero-order valence-electron chi connectivity index (χ0n) is 12.8. The summed E-state index contributed by atoms with van der Waals surface area (Å²) in [6.45, 7) is 2.46. The lowest BCUT2D eigenvalue weighted by atomic mass is 10.1. The molecule has 5 heteroatoms. The first-order chi connectivity index (χ1) is 10.6. The molecule has 1 fully saturated rings. The molecule has 116 valence electrons. The normalized spacial score (nSPS) is 14.7. The minimum Gasteiger partial charge on any atom is -0.356 e. The number of carbonyl (C=O) groups excluding carboxylic acids is 2. The molecule has 2 rings (SSSR count). The minimum absolute atomic E-state index is 0.0301. The van der Waals surface area contributed by atoms with E-state index in [1.165, 1.54) is 0 Å². The molecule has 1 aliphatic rings. The van der Waals surface area contributed by atoms with Crippen LogP contribution in [0.25, 0.3) is 0 Å². The minimum atomic E-state index is -0.0960. The van der Waals surface area contributed by atoms with E-state index in [1.807, 2.05) is 19.1 Å². The Morgan fingerprint density at radius 1 is 1.32 bits per heavy atom. The number of hydrogen-bond acceptors (Lipinski definition) is 3. The van der Waals surface area contributed by atoms with E-state index in [4.69, 9.17) is 5.26 Å². The fourth-order valence-corrected chi connectivity index (χ4v) is 2.19. The van der Waals surface area contributed by atoms with Crippen LogP contribution in [0.1, 0.15) is 49.8 Å². The van der Waals surface area contributed by atoms with Gasteiger partial charge in [-0.2, -0.15) is 5.26 Å². The zero-order chi connectivity index (χ0) is 15.9. The summed E-state index contributed by atoms with van der Waals surface area (Å²) in [4.78, 5) is 23.3. The molecule has 0 bridgehead atoms. The topological polar surface area (TPSA) is 82.0 Å². The smallest absolute Gasteiger partial charge is 0.223 e. The number of hydrogen-bond donors (Lipinski definition) is 2. The average Bonchev–Trinajstić information content (AvgIpc) is 3.36. The quantitative estimate of drug-likeness (QED) is 0.756. The van der Waals surface area contributed by atoms with Crippen LogP contribution in [0.3, 0.4) is 0 Å². The second kappa shape index (κ2) is 7.60. The summed E-state index contributed by atoms with van der Waals surface area (Å²) in [5.74, 6) is 0.300. The lowest BCUT2D eigenvalue weighted by molar-refractivity contribution is -0.123. The lowest BCUT2D eigenvalue weighted by Crippen LogP contribution is -2.29. The number of amides is 2. The van der Waals surface area contributed by atoms with E-state index in [0.717, 1.165) is 18.4 Å². The van der Waals surface area contributed by atoms with Gasteiger partial charge in [-0.25, -0.2) is 0 Å². The molecule has 22 heavy (non-hydrogen) atoms. The predicted octanol–water partition coefficient (Wildman–Crippen LogP) is 2.04. The van der Waals surface area contributed by atoms with Crippen LogP contribution in [0.15, 0.2) is 24.3 Å². The van der Waals surface area contributed by atoms with Crippen LogP contribution < -0.4 is 10.6 Å². The molecular weight excluding hydrogens is 278 g/mol. The van der Waals surface area contributed by atoms with Crippen molar-refractivity contribution in [3.05, 3.63) is 35.4 Å². The van der Waals surface area contributed by atoms with Crippen LogP contribution in [0, 0.1) is 17.2 Å². The molecule has 0 unspecified atom stereocenters. The van der Waals surface area contributed by atoms with Gasteiger partial charge in [0.25, 0.3) is 0 Å². The van der Waals surface area contributed by atoms with E-state index in [-0.39, 0.29) is 23.8 Å². The Balaban J connectivity index is 1.66. The molecular formula is C17H21N3O2. The second-order valence-electron chi connectivity index (χ2n) is 5.69. The Bertz CT molecular complexity index is 571. The first-order valence-electron chi connectivity index (χ1n) is 7.67. The number of rotatable bonds is 7. The summed E-state index contributed by atoms with van der Waals surface area (Å²) >= 11 is 0. The van der Waals surface area contributed by atoms with E-state index in [2.05, 4.69) is 16.7 Å². The second-order valence-corrected chi connectivity index (χ2v) is 5.69. The van der Waals surface area contributed by atoms with Crippen molar-refractivity contribution in [1.29, 1.82) is 5.26 Å². The molecule has 1 aromatic carbocycles. The monoisotopic (exact) mass is 299 g/mol. The lowest BCUT2D eigenvalue weighted by Gasteiger charge is -2.14. The highest BCUT2D eigenvalue weighted by Gasteiger charge is 2.28. The molecule has 0 heterocycles. The van der Waals surface area contributed by atoms with Gasteiger partial charge < -0.3 is 10.6 Å². The van der Waals surface area contributed by atoms with Crippen molar-refractivity contribution in [2.24, 2.45) is 5.92 Å². The first-order valence-corrected chi connectivity index (χ1v) is 7.67. The van der Waals surface area contributed by atoms with E-state index in [1.54, 1.807) is 12.1 Å². The average molecular weight is 299 g/mol. The first kappa shape index (κ1) is 16.0. The summed E-state index contributed by atoms with van der Waals surface area (Å²) in [5.41, 5.74) is 1.57. The van der Waals surface area contributed by atoms with Gasteiger partial charge in [0.1, 0.15) is 0 Å². The fraction of sp³-hybridized carbons (Fsp3) is 0.471. The summed E-state index contributed by atoms with van der Waals surface area (Å²) in [6, 6.07) is 9.15. The van der Waals surface area contributed by atoms with E-state index >= 15 is 0 Å². The Labute approximate surface area is 130 Å². The summed E-state index contributed by atoms with van der Waals surface area (Å²) in [7, 11) is 0. The molecule has 5 nitrogen and oxygen atoms in total. The largest absolute Gasteiger partial charge is 0.356 e. The van der Waals surface area contributed by atoms with Gasteiger partial charge in [0.05, 0.1) is 17.7 Å². The molecule has 0 aromatic heterocycles. The van der Waals surface area contributed by atoms with Gasteiger partial charge in [0.15, 0.2) is 0 Å². The summed E-state index contributed by atoms with van der Waals surface area (Å²) < 4.78 is 0. The van der Waals surface area contributed by atoms with Crippen molar-refractivity contribution in [2.45, 2.75) is 38.6 Å². The highest BCUT2D eigenvalue weighted by Crippen LogP contribution is 2.28. The van der Waals surface area contributed by atoms with Gasteiger partial charge >= 0.3 is 0 Å². The third-order valence-corrected chi connectivity index (χ3v) is 3.75. The summed E-state index contributed by atoms with van der Waals surface area (Å²) in [6.07, 6.45) is 3.03. The van der Waals surface area contributed by atoms with Crippen LogP contribution in [-0.2, 0) is 9.59 Å². The summed E-state index contributed by atoms with van der Waals surface area (Å²) in [5, 5.41) is 14.5. The Hall–Kier alpha value is -2.35. The molecule has 1 atom stereocenters. The maximum atomic E-state index is 11.9. The SMILES string of the molecule is C[C@@H](NC(=O)CCCNC(=O)C1CC1)c1ccc(C#N)cc1. The van der Waals surface area contributed by atoms with Crippen molar-refractivity contribution in [3.8, 4) is 6.07 Å². The standard InChI is InChI=1S/C17H21N3O2/c1-12(14-6-4-13(11-18)5-7-14)20-16(21)3-2-10-19-17(22)15-8-9-15/h4-7,12,15H,2-3,8-10H2,1H3,(H,19,22)(H,20,21)/t12-/m1/s1. The van der Waals surface area contributed by atoms with Gasteiger partial charge in [0.2, 0.25) is 11.8 Å². The van der Waals surface area contributed by atoms with Crippen LogP contribution in [-0.4, -0.2) is 18.4 Å². The molecule has 0 spiro atoms. The van der Waals surface area contributed by atoms with Crippen molar-refractivity contribution in [1.82, 2.24) is 10.6 Å². The molecule has 2 N–H and O–H groups in total. The predicted molar refractivity (Wildman–Crippen MR) is 82.7 cm³/mol. The van der Waals surface area contributed by atoms with Crippen molar-refractivity contribution in [3.63, 3.8) is 0 Å². The van der Waals surface area contributed by atoms with Crippen LogP contribution in [0.5, 0.6) is 0 Å². The molecule has 0 aliphatic heterocycles. The van der Waals surface area contributed by atoms with Gasteiger partial charge in [-0.15, -0.1) is 0 Å². The van der Waals surface area contributed by atoms with Crippen molar-refractivity contribution < 1.29 is 9.59 Å². The maximum Gasteiger partial charge on any atom is 0.223 e. The number of benzene rings is 1. The Morgan fingerprint density at radius 3 is 2.59 bits per heavy atom. The number of nitriles is 1. The molecule has 0 radical (unpaired) electrons. The van der Waals surface area contributed by atoms with Crippen LogP contribution >= 0.6 is 0 Å². The van der Waals surface area contributed by atoms with E-state index in [0.29, 0.717) is 24.9 Å². The number of carbonyl (C=O) groups is 2. The number of nitrogens with zero attached hydrogens (tertiary/aromatic N) is 1. The van der Waals surface area contributed by atoms with Gasteiger partial charge in [0, 0.05) is 18.9 Å². The Morgan fingerprint density at radius 2 is 2.00 bits per heavy atom. The highest BCUT2D eigenvalue weighted by molar-refractivity contribution is 5.81. The zero-order valence-corrected chi connectivity index (χ0v) is 12.8. The third kappa shape index (κ3) is 4.88. The Kier molecular flexibility index (Phi) is 5.54.